The molecular weight excluding hydrogens is 130 g/mol. The molecule has 3 nitrogen and oxygen atoms in total. The number of piperidine rings is 1. The number of carbonyl (C=O) groups is 1. The van der Waals surface area contributed by atoms with Crippen molar-refractivity contribution in [2.24, 2.45) is 11.8 Å². The zero-order chi connectivity index (χ0) is 7.14. The Morgan fingerprint density at radius 3 is 2.50 bits per heavy atom. The van der Waals surface area contributed by atoms with E-state index in [1.165, 1.54) is 0 Å². The van der Waals surface area contributed by atoms with Gasteiger partial charge in [0, 0.05) is 6.04 Å². The van der Waals surface area contributed by atoms with Gasteiger partial charge in [0.15, 0.2) is 0 Å². The fourth-order valence-corrected chi connectivity index (χ4v) is 2.22. The maximum atomic E-state index is 10.6. The molecule has 2 aliphatic rings. The molecule has 2 bridgehead atoms. The molecule has 0 aromatic carbocycles. The van der Waals surface area contributed by atoms with Crippen LogP contribution in [0.4, 0.5) is 0 Å². The van der Waals surface area contributed by atoms with E-state index in [1.54, 1.807) is 0 Å². The van der Waals surface area contributed by atoms with Crippen LogP contribution in [-0.2, 0) is 4.79 Å². The molecule has 3 atom stereocenters. The van der Waals surface area contributed by atoms with Gasteiger partial charge in [0.1, 0.15) is 0 Å². The van der Waals surface area contributed by atoms with Crippen molar-refractivity contribution in [2.75, 3.05) is 6.54 Å². The summed E-state index contributed by atoms with van der Waals surface area (Å²) in [6, 6.07) is 0.280. The zero-order valence-corrected chi connectivity index (χ0v) is 5.71. The molecule has 1 saturated heterocycles. The van der Waals surface area contributed by atoms with Crippen molar-refractivity contribution in [1.29, 1.82) is 0 Å². The van der Waals surface area contributed by atoms with Crippen LogP contribution in [0.25, 0.3) is 0 Å². The average Bonchev–Trinajstić information content (AvgIpc) is 2.43. The molecule has 0 unspecified atom stereocenters. The van der Waals surface area contributed by atoms with E-state index in [0.29, 0.717) is 5.92 Å². The molecule has 0 radical (unpaired) electrons. The van der Waals surface area contributed by atoms with Crippen molar-refractivity contribution in [3.63, 3.8) is 0 Å². The Balaban J connectivity index is 2.16. The zero-order valence-electron chi connectivity index (χ0n) is 5.71. The van der Waals surface area contributed by atoms with Gasteiger partial charge in [0.2, 0.25) is 0 Å². The second-order valence-corrected chi connectivity index (χ2v) is 3.22. The monoisotopic (exact) mass is 141 g/mol. The highest BCUT2D eigenvalue weighted by atomic mass is 16.4. The highest BCUT2D eigenvalue weighted by Gasteiger charge is 2.45. The summed E-state index contributed by atoms with van der Waals surface area (Å²) >= 11 is 0. The van der Waals surface area contributed by atoms with Gasteiger partial charge in [-0.3, -0.25) is 4.79 Å². The summed E-state index contributed by atoms with van der Waals surface area (Å²) in [4.78, 5) is 10.6. The predicted octanol–water partition coefficient (Wildman–Crippen LogP) is 0.0690. The van der Waals surface area contributed by atoms with Crippen molar-refractivity contribution in [1.82, 2.24) is 5.32 Å². The van der Waals surface area contributed by atoms with Gasteiger partial charge in [-0.05, 0) is 25.3 Å². The van der Waals surface area contributed by atoms with Crippen molar-refractivity contribution in [3.8, 4) is 0 Å². The summed E-state index contributed by atoms with van der Waals surface area (Å²) in [7, 11) is 0. The first-order valence-corrected chi connectivity index (χ1v) is 3.75. The first-order valence-electron chi connectivity index (χ1n) is 3.75. The lowest BCUT2D eigenvalue weighted by atomic mass is 9.99. The van der Waals surface area contributed by atoms with Gasteiger partial charge in [-0.25, -0.2) is 0 Å². The standard InChI is InChI=1S/C7H11NO2/c9-7(10)6-4-1-2-5(6)8-3-4/h4-6,8H,1-3H2,(H,9,10)/t4-,5-,6+/m1/s1. The lowest BCUT2D eigenvalue weighted by molar-refractivity contribution is -0.142. The first kappa shape index (κ1) is 6.16. The molecule has 1 heterocycles. The van der Waals surface area contributed by atoms with Crippen LogP contribution in [0.15, 0.2) is 0 Å². The third-order valence-electron chi connectivity index (χ3n) is 2.72. The summed E-state index contributed by atoms with van der Waals surface area (Å²) in [6.45, 7) is 0.918. The van der Waals surface area contributed by atoms with Crippen LogP contribution in [0.2, 0.25) is 0 Å². The largest absolute Gasteiger partial charge is 0.481 e. The van der Waals surface area contributed by atoms with E-state index in [0.717, 1.165) is 19.4 Å². The Morgan fingerprint density at radius 2 is 2.30 bits per heavy atom. The second kappa shape index (κ2) is 1.95. The number of nitrogens with one attached hydrogen (secondary N) is 1. The van der Waals surface area contributed by atoms with E-state index in [2.05, 4.69) is 5.32 Å². The smallest absolute Gasteiger partial charge is 0.308 e. The molecule has 1 saturated carbocycles. The summed E-state index contributed by atoms with van der Waals surface area (Å²) in [5.41, 5.74) is 0. The van der Waals surface area contributed by atoms with Crippen molar-refractivity contribution >= 4 is 5.97 Å². The molecule has 2 N–H and O–H groups in total. The Labute approximate surface area is 59.4 Å². The Bertz CT molecular complexity index is 149. The van der Waals surface area contributed by atoms with Crippen molar-refractivity contribution in [3.05, 3.63) is 0 Å². The Hall–Kier alpha value is -0.570. The lowest BCUT2D eigenvalue weighted by Crippen LogP contribution is -2.28. The van der Waals surface area contributed by atoms with Crippen LogP contribution < -0.4 is 5.32 Å². The van der Waals surface area contributed by atoms with Crippen LogP contribution in [0.1, 0.15) is 12.8 Å². The minimum Gasteiger partial charge on any atom is -0.481 e. The van der Waals surface area contributed by atoms with Crippen LogP contribution in [0, 0.1) is 11.8 Å². The van der Waals surface area contributed by atoms with Gasteiger partial charge in [0.25, 0.3) is 0 Å². The fourth-order valence-electron chi connectivity index (χ4n) is 2.22. The Morgan fingerprint density at radius 1 is 1.50 bits per heavy atom. The van der Waals surface area contributed by atoms with E-state index in [1.807, 2.05) is 0 Å². The molecule has 0 aromatic rings. The predicted molar refractivity (Wildman–Crippen MR) is 35.6 cm³/mol. The second-order valence-electron chi connectivity index (χ2n) is 3.22. The molecule has 1 aliphatic carbocycles. The molecule has 0 amide bonds. The number of aliphatic carboxylic acids is 1. The van der Waals surface area contributed by atoms with Gasteiger partial charge in [-0.15, -0.1) is 0 Å². The van der Waals surface area contributed by atoms with Crippen LogP contribution in [0.5, 0.6) is 0 Å². The Kier molecular flexibility index (Phi) is 1.20. The molecule has 2 fully saturated rings. The average molecular weight is 141 g/mol. The molecule has 3 heteroatoms. The molecule has 2 rings (SSSR count). The number of carboxylic acids is 1. The third kappa shape index (κ3) is 0.669. The summed E-state index contributed by atoms with van der Waals surface area (Å²) in [6.07, 6.45) is 2.16. The van der Waals surface area contributed by atoms with E-state index < -0.39 is 5.97 Å². The third-order valence-corrected chi connectivity index (χ3v) is 2.72. The first-order chi connectivity index (χ1) is 4.79. The van der Waals surface area contributed by atoms with Crippen molar-refractivity contribution in [2.45, 2.75) is 18.9 Å². The molecule has 56 valence electrons. The maximum Gasteiger partial charge on any atom is 0.308 e. The topological polar surface area (TPSA) is 49.3 Å². The highest BCUT2D eigenvalue weighted by Crippen LogP contribution is 2.36. The van der Waals surface area contributed by atoms with E-state index in [-0.39, 0.29) is 12.0 Å². The molecular formula is C7H11NO2. The minimum absolute atomic E-state index is 0.0833. The van der Waals surface area contributed by atoms with Crippen LogP contribution in [0.3, 0.4) is 0 Å². The summed E-state index contributed by atoms with van der Waals surface area (Å²) < 4.78 is 0. The highest BCUT2D eigenvalue weighted by molar-refractivity contribution is 5.72. The molecule has 1 aliphatic heterocycles. The summed E-state index contributed by atoms with van der Waals surface area (Å²) in [5.74, 6) is -0.278. The van der Waals surface area contributed by atoms with E-state index in [9.17, 15) is 4.79 Å². The minimum atomic E-state index is -0.613. The molecule has 10 heavy (non-hydrogen) atoms. The SMILES string of the molecule is O=C(O)[C@H]1[C@@H]2CC[C@H]1NC2. The van der Waals surface area contributed by atoms with Gasteiger partial charge in [-0.1, -0.05) is 0 Å². The van der Waals surface area contributed by atoms with Gasteiger partial charge in [-0.2, -0.15) is 0 Å². The van der Waals surface area contributed by atoms with Gasteiger partial charge in [0.05, 0.1) is 5.92 Å². The van der Waals surface area contributed by atoms with Crippen LogP contribution >= 0.6 is 0 Å². The number of hydrogen-bond acceptors (Lipinski definition) is 2. The molecule has 0 spiro atoms. The number of rotatable bonds is 1. The number of carboxylic acid groups (broad SMARTS) is 1. The van der Waals surface area contributed by atoms with Crippen LogP contribution in [-0.4, -0.2) is 23.7 Å². The normalized spacial score (nSPS) is 44.2. The lowest BCUT2D eigenvalue weighted by Gasteiger charge is -2.08. The van der Waals surface area contributed by atoms with E-state index in [4.69, 9.17) is 5.11 Å². The van der Waals surface area contributed by atoms with E-state index >= 15 is 0 Å². The van der Waals surface area contributed by atoms with Gasteiger partial charge >= 0.3 is 5.97 Å². The fraction of sp³-hybridized carbons (Fsp3) is 0.857. The number of hydrogen-bond donors (Lipinski definition) is 2. The maximum absolute atomic E-state index is 10.6. The van der Waals surface area contributed by atoms with Gasteiger partial charge < -0.3 is 10.4 Å². The summed E-state index contributed by atoms with van der Waals surface area (Å²) in [5, 5.41) is 12.0. The van der Waals surface area contributed by atoms with Crippen molar-refractivity contribution < 1.29 is 9.90 Å². The molecule has 0 aromatic heterocycles. The number of fused-ring (bicyclic) bond motifs is 2. The quantitative estimate of drug-likeness (QED) is 0.543.